The molecule has 7 nitrogen and oxygen atoms in total. The minimum atomic E-state index is -0.479. The number of aryl methyl sites for hydroxylation is 1. The molecule has 0 aliphatic rings. The summed E-state index contributed by atoms with van der Waals surface area (Å²) >= 11 is 1.28. The Labute approximate surface area is 116 Å². The first-order chi connectivity index (χ1) is 8.99. The first-order valence-electron chi connectivity index (χ1n) is 6.14. The van der Waals surface area contributed by atoms with Crippen LogP contribution < -0.4 is 10.6 Å². The maximum absolute atomic E-state index is 11.8. The second-order valence-electron chi connectivity index (χ2n) is 3.88. The second kappa shape index (κ2) is 7.13. The minimum Gasteiger partial charge on any atom is -0.338 e. The lowest BCUT2D eigenvalue weighted by molar-refractivity contribution is -0.119. The van der Waals surface area contributed by atoms with Crippen molar-refractivity contribution >= 4 is 23.7 Å². The van der Waals surface area contributed by atoms with Crippen LogP contribution in [0.2, 0.25) is 0 Å². The average Bonchev–Trinajstić information content (AvgIpc) is 2.69. The summed E-state index contributed by atoms with van der Waals surface area (Å²) in [6.45, 7) is 8.58. The lowest BCUT2D eigenvalue weighted by atomic mass is 10.4. The molecule has 0 aliphatic heterocycles. The van der Waals surface area contributed by atoms with E-state index in [1.807, 2.05) is 18.4 Å². The van der Waals surface area contributed by atoms with Crippen LogP contribution in [0, 0.1) is 6.92 Å². The summed E-state index contributed by atoms with van der Waals surface area (Å²) in [6.07, 6.45) is 0. The number of amides is 3. The zero-order valence-electron chi connectivity index (χ0n) is 11.6. The number of imide groups is 1. The standard InChI is InChI=1S/C11H19N5O2S/c1-5-12-10(18)13-9(17)7(3)19-11-15-14-8(4)16(11)6-2/h7H,5-6H2,1-4H3,(H2,12,13,17,18). The molecule has 0 saturated carbocycles. The van der Waals surface area contributed by atoms with E-state index in [-0.39, 0.29) is 5.91 Å². The first kappa shape index (κ1) is 15.5. The highest BCUT2D eigenvalue weighted by Crippen LogP contribution is 2.22. The van der Waals surface area contributed by atoms with Crippen molar-refractivity contribution in [2.75, 3.05) is 6.54 Å². The third kappa shape index (κ3) is 4.23. The zero-order chi connectivity index (χ0) is 14.4. The van der Waals surface area contributed by atoms with E-state index in [1.165, 1.54) is 11.8 Å². The van der Waals surface area contributed by atoms with Gasteiger partial charge in [0.1, 0.15) is 5.82 Å². The molecule has 2 N–H and O–H groups in total. The van der Waals surface area contributed by atoms with Gasteiger partial charge < -0.3 is 9.88 Å². The van der Waals surface area contributed by atoms with Crippen LogP contribution in [0.5, 0.6) is 0 Å². The van der Waals surface area contributed by atoms with Crippen LogP contribution in [0.4, 0.5) is 4.79 Å². The second-order valence-corrected chi connectivity index (χ2v) is 5.19. The lowest BCUT2D eigenvalue weighted by Crippen LogP contribution is -2.42. The molecule has 1 aromatic rings. The van der Waals surface area contributed by atoms with Crippen molar-refractivity contribution in [3.8, 4) is 0 Å². The van der Waals surface area contributed by atoms with E-state index in [0.29, 0.717) is 11.7 Å². The third-order valence-electron chi connectivity index (χ3n) is 2.44. The SMILES string of the molecule is CCNC(=O)NC(=O)C(C)Sc1nnc(C)n1CC. The highest BCUT2D eigenvalue weighted by Gasteiger charge is 2.20. The molecule has 1 aromatic heterocycles. The monoisotopic (exact) mass is 285 g/mol. The normalized spacial score (nSPS) is 12.0. The minimum absolute atomic E-state index is 0.348. The Morgan fingerprint density at radius 1 is 1.37 bits per heavy atom. The summed E-state index contributed by atoms with van der Waals surface area (Å²) in [6, 6.07) is -0.479. The van der Waals surface area contributed by atoms with E-state index >= 15 is 0 Å². The fraction of sp³-hybridized carbons (Fsp3) is 0.636. The Morgan fingerprint density at radius 2 is 2.05 bits per heavy atom. The molecule has 3 amide bonds. The van der Waals surface area contributed by atoms with Crippen molar-refractivity contribution in [1.29, 1.82) is 0 Å². The van der Waals surface area contributed by atoms with Gasteiger partial charge in [0.15, 0.2) is 5.16 Å². The average molecular weight is 285 g/mol. The molecular formula is C11H19N5O2S. The molecule has 1 rings (SSSR count). The molecular weight excluding hydrogens is 266 g/mol. The largest absolute Gasteiger partial charge is 0.338 e. The van der Waals surface area contributed by atoms with Gasteiger partial charge in [0.25, 0.3) is 0 Å². The van der Waals surface area contributed by atoms with Crippen molar-refractivity contribution in [3.63, 3.8) is 0 Å². The molecule has 0 aliphatic carbocycles. The van der Waals surface area contributed by atoms with Crippen LogP contribution in [0.25, 0.3) is 0 Å². The van der Waals surface area contributed by atoms with Crippen molar-refractivity contribution in [3.05, 3.63) is 5.82 Å². The van der Waals surface area contributed by atoms with E-state index < -0.39 is 11.3 Å². The van der Waals surface area contributed by atoms with Gasteiger partial charge in [0.2, 0.25) is 5.91 Å². The fourth-order valence-corrected chi connectivity index (χ4v) is 2.40. The topological polar surface area (TPSA) is 88.9 Å². The van der Waals surface area contributed by atoms with Crippen molar-refractivity contribution in [1.82, 2.24) is 25.4 Å². The summed E-state index contributed by atoms with van der Waals surface area (Å²) in [5, 5.41) is 13.0. The van der Waals surface area contributed by atoms with E-state index in [9.17, 15) is 9.59 Å². The van der Waals surface area contributed by atoms with E-state index in [0.717, 1.165) is 12.4 Å². The van der Waals surface area contributed by atoms with E-state index in [1.54, 1.807) is 13.8 Å². The molecule has 1 heterocycles. The lowest BCUT2D eigenvalue weighted by Gasteiger charge is -2.11. The fourth-order valence-electron chi connectivity index (χ4n) is 1.44. The number of thioether (sulfide) groups is 1. The van der Waals surface area contributed by atoms with Crippen LogP contribution in [0.15, 0.2) is 5.16 Å². The van der Waals surface area contributed by atoms with E-state index in [4.69, 9.17) is 0 Å². The van der Waals surface area contributed by atoms with Gasteiger partial charge in [0.05, 0.1) is 5.25 Å². The number of rotatable bonds is 5. The number of hydrogen-bond donors (Lipinski definition) is 2. The Balaban J connectivity index is 2.61. The molecule has 1 unspecified atom stereocenters. The van der Waals surface area contributed by atoms with Crippen molar-refractivity contribution in [2.45, 2.75) is 44.6 Å². The number of nitrogens with one attached hydrogen (secondary N) is 2. The molecule has 106 valence electrons. The summed E-state index contributed by atoms with van der Waals surface area (Å²) in [7, 11) is 0. The summed E-state index contributed by atoms with van der Waals surface area (Å²) in [5.41, 5.74) is 0. The van der Waals surface area contributed by atoms with Crippen molar-refractivity contribution in [2.24, 2.45) is 0 Å². The summed E-state index contributed by atoms with van der Waals surface area (Å²) < 4.78 is 1.92. The van der Waals surface area contributed by atoms with Gasteiger partial charge in [-0.2, -0.15) is 0 Å². The number of carbonyl (C=O) groups excluding carboxylic acids is 2. The number of hydrogen-bond acceptors (Lipinski definition) is 5. The molecule has 0 spiro atoms. The molecule has 0 bridgehead atoms. The van der Waals surface area contributed by atoms with E-state index in [2.05, 4.69) is 20.8 Å². The Hall–Kier alpha value is -1.57. The Morgan fingerprint density at radius 3 is 2.63 bits per heavy atom. The molecule has 0 aromatic carbocycles. The zero-order valence-corrected chi connectivity index (χ0v) is 12.4. The maximum atomic E-state index is 11.8. The quantitative estimate of drug-likeness (QED) is 0.786. The predicted octanol–water partition coefficient (Wildman–Crippen LogP) is 0.933. The summed E-state index contributed by atoms with van der Waals surface area (Å²) in [5.74, 6) is 0.459. The molecule has 0 radical (unpaired) electrons. The van der Waals surface area contributed by atoms with Crippen LogP contribution in [0.1, 0.15) is 26.6 Å². The van der Waals surface area contributed by atoms with Gasteiger partial charge in [0, 0.05) is 13.1 Å². The van der Waals surface area contributed by atoms with Gasteiger partial charge in [-0.1, -0.05) is 11.8 Å². The first-order valence-corrected chi connectivity index (χ1v) is 7.02. The number of carbonyl (C=O) groups is 2. The molecule has 0 saturated heterocycles. The van der Waals surface area contributed by atoms with Crippen LogP contribution in [-0.2, 0) is 11.3 Å². The maximum Gasteiger partial charge on any atom is 0.321 e. The Kier molecular flexibility index (Phi) is 5.81. The molecule has 1 atom stereocenters. The highest BCUT2D eigenvalue weighted by molar-refractivity contribution is 8.00. The number of aromatic nitrogens is 3. The van der Waals surface area contributed by atoms with Gasteiger partial charge in [-0.15, -0.1) is 10.2 Å². The smallest absolute Gasteiger partial charge is 0.321 e. The van der Waals surface area contributed by atoms with Crippen molar-refractivity contribution < 1.29 is 9.59 Å². The molecule has 19 heavy (non-hydrogen) atoms. The van der Waals surface area contributed by atoms with Gasteiger partial charge in [-0.25, -0.2) is 4.79 Å². The van der Waals surface area contributed by atoms with Gasteiger partial charge in [-0.3, -0.25) is 10.1 Å². The highest BCUT2D eigenvalue weighted by atomic mass is 32.2. The van der Waals surface area contributed by atoms with Gasteiger partial charge >= 0.3 is 6.03 Å². The van der Waals surface area contributed by atoms with Crippen LogP contribution in [-0.4, -0.2) is 38.5 Å². The molecule has 8 heteroatoms. The Bertz CT molecular complexity index is 460. The predicted molar refractivity (Wildman–Crippen MR) is 73.0 cm³/mol. The van der Waals surface area contributed by atoms with Crippen LogP contribution >= 0.6 is 11.8 Å². The molecule has 0 fully saturated rings. The third-order valence-corrected chi connectivity index (χ3v) is 3.52. The summed E-state index contributed by atoms with van der Waals surface area (Å²) in [4.78, 5) is 23.0. The number of urea groups is 1. The van der Waals surface area contributed by atoms with Crippen LogP contribution in [0.3, 0.4) is 0 Å². The number of nitrogens with zero attached hydrogens (tertiary/aromatic N) is 3. The van der Waals surface area contributed by atoms with Gasteiger partial charge in [-0.05, 0) is 27.7 Å².